The van der Waals surface area contributed by atoms with E-state index in [-0.39, 0.29) is 6.54 Å². The maximum Gasteiger partial charge on any atom is 0.254 e. The molecule has 0 aliphatic carbocycles. The van der Waals surface area contributed by atoms with Crippen molar-refractivity contribution in [1.82, 2.24) is 20.3 Å². The molecule has 0 unspecified atom stereocenters. The van der Waals surface area contributed by atoms with Crippen molar-refractivity contribution in [2.24, 2.45) is 0 Å². The van der Waals surface area contributed by atoms with Gasteiger partial charge in [0.05, 0.1) is 24.0 Å². The molecule has 1 aromatic carbocycles. The highest BCUT2D eigenvalue weighted by Crippen LogP contribution is 2.17. The van der Waals surface area contributed by atoms with Crippen LogP contribution in [0.25, 0.3) is 0 Å². The van der Waals surface area contributed by atoms with E-state index in [1.54, 1.807) is 6.20 Å². The van der Waals surface area contributed by atoms with Gasteiger partial charge < -0.3 is 11.1 Å². The Kier molecular flexibility index (Phi) is 3.69. The molecular formula is C11H11F2N5O. The molecule has 0 saturated heterocycles. The van der Waals surface area contributed by atoms with E-state index in [1.807, 2.05) is 0 Å². The molecule has 2 rings (SSSR count). The van der Waals surface area contributed by atoms with Crippen molar-refractivity contribution in [1.29, 1.82) is 0 Å². The summed E-state index contributed by atoms with van der Waals surface area (Å²) in [6.45, 7) is 0.580. The van der Waals surface area contributed by atoms with E-state index in [0.29, 0.717) is 6.54 Å². The van der Waals surface area contributed by atoms with Crippen LogP contribution in [0.1, 0.15) is 10.4 Å². The maximum absolute atomic E-state index is 13.6. The summed E-state index contributed by atoms with van der Waals surface area (Å²) in [7, 11) is 0. The Bertz CT molecular complexity index is 585. The number of nitrogens with zero attached hydrogens (tertiary/aromatic N) is 3. The first kappa shape index (κ1) is 12.9. The standard InChI is InChI=1S/C11H11F2N5O/c12-7-5-8(10(13)9(14)6-7)11(19)15-1-3-18-4-2-16-17-18/h2,4-6H,1,3,14H2,(H,15,19). The minimum Gasteiger partial charge on any atom is -0.396 e. The van der Waals surface area contributed by atoms with Crippen molar-refractivity contribution in [2.45, 2.75) is 6.54 Å². The Hall–Kier alpha value is -2.51. The molecule has 0 fully saturated rings. The number of amides is 1. The number of benzene rings is 1. The number of halogens is 2. The van der Waals surface area contributed by atoms with Crippen molar-refractivity contribution in [3.05, 3.63) is 41.7 Å². The van der Waals surface area contributed by atoms with Crippen molar-refractivity contribution in [3.8, 4) is 0 Å². The van der Waals surface area contributed by atoms with Gasteiger partial charge in [0.1, 0.15) is 5.82 Å². The van der Waals surface area contributed by atoms with Crippen LogP contribution in [-0.4, -0.2) is 27.4 Å². The minimum atomic E-state index is -0.931. The third-order valence-electron chi connectivity index (χ3n) is 2.41. The number of nitrogen functional groups attached to an aromatic ring is 1. The van der Waals surface area contributed by atoms with Gasteiger partial charge in [-0.15, -0.1) is 5.10 Å². The SMILES string of the molecule is Nc1cc(F)cc(C(=O)NCCn2ccnn2)c1F. The molecule has 3 N–H and O–H groups in total. The first-order chi connectivity index (χ1) is 9.08. The van der Waals surface area contributed by atoms with E-state index in [9.17, 15) is 13.6 Å². The van der Waals surface area contributed by atoms with Crippen LogP contribution in [-0.2, 0) is 6.54 Å². The van der Waals surface area contributed by atoms with Gasteiger partial charge in [-0.2, -0.15) is 0 Å². The highest BCUT2D eigenvalue weighted by molar-refractivity contribution is 5.95. The first-order valence-corrected chi connectivity index (χ1v) is 5.44. The van der Waals surface area contributed by atoms with Gasteiger partial charge in [0, 0.05) is 12.7 Å². The lowest BCUT2D eigenvalue weighted by molar-refractivity contribution is 0.0947. The zero-order valence-electron chi connectivity index (χ0n) is 9.81. The Morgan fingerprint density at radius 2 is 2.21 bits per heavy atom. The molecule has 0 aliphatic rings. The highest BCUT2D eigenvalue weighted by Gasteiger charge is 2.15. The summed E-state index contributed by atoms with van der Waals surface area (Å²) in [6, 6.07) is 1.62. The van der Waals surface area contributed by atoms with Gasteiger partial charge in [0.15, 0.2) is 5.82 Å². The topological polar surface area (TPSA) is 85.8 Å². The van der Waals surface area contributed by atoms with E-state index in [0.717, 1.165) is 12.1 Å². The Morgan fingerprint density at radius 3 is 2.89 bits per heavy atom. The van der Waals surface area contributed by atoms with Gasteiger partial charge in [0.25, 0.3) is 5.91 Å². The fourth-order valence-corrected chi connectivity index (χ4v) is 1.51. The van der Waals surface area contributed by atoms with Gasteiger partial charge in [-0.3, -0.25) is 9.48 Å². The van der Waals surface area contributed by atoms with Crippen molar-refractivity contribution in [3.63, 3.8) is 0 Å². The monoisotopic (exact) mass is 267 g/mol. The second-order valence-electron chi connectivity index (χ2n) is 3.78. The second kappa shape index (κ2) is 5.42. The number of hydrogen-bond donors (Lipinski definition) is 2. The molecule has 0 spiro atoms. The highest BCUT2D eigenvalue weighted by atomic mass is 19.1. The Balaban J connectivity index is 2.00. The summed E-state index contributed by atoms with van der Waals surface area (Å²) in [5.41, 5.74) is 4.43. The molecule has 2 aromatic rings. The van der Waals surface area contributed by atoms with E-state index in [4.69, 9.17) is 5.73 Å². The molecule has 19 heavy (non-hydrogen) atoms. The van der Waals surface area contributed by atoms with Crippen molar-refractivity contribution < 1.29 is 13.6 Å². The lowest BCUT2D eigenvalue weighted by atomic mass is 10.1. The number of carbonyl (C=O) groups excluding carboxylic acids is 1. The van der Waals surface area contributed by atoms with Crippen LogP contribution in [0.15, 0.2) is 24.5 Å². The average Bonchev–Trinajstić information content (AvgIpc) is 2.86. The number of hydrogen-bond acceptors (Lipinski definition) is 4. The summed E-state index contributed by atoms with van der Waals surface area (Å²) in [4.78, 5) is 11.7. The molecule has 0 aliphatic heterocycles. The second-order valence-corrected chi connectivity index (χ2v) is 3.78. The zero-order chi connectivity index (χ0) is 13.8. The molecule has 1 aromatic heterocycles. The van der Waals surface area contributed by atoms with Crippen LogP contribution in [0.5, 0.6) is 0 Å². The number of rotatable bonds is 4. The summed E-state index contributed by atoms with van der Waals surface area (Å²) >= 11 is 0. The molecule has 1 amide bonds. The number of nitrogens with one attached hydrogen (secondary N) is 1. The van der Waals surface area contributed by atoms with Crippen LogP contribution in [0.4, 0.5) is 14.5 Å². The number of carbonyl (C=O) groups is 1. The number of nitrogens with two attached hydrogens (primary N) is 1. The maximum atomic E-state index is 13.6. The summed E-state index contributed by atoms with van der Waals surface area (Å²) in [5.74, 6) is -2.43. The summed E-state index contributed by atoms with van der Waals surface area (Å²) in [5, 5.41) is 9.73. The smallest absolute Gasteiger partial charge is 0.254 e. The number of anilines is 1. The fourth-order valence-electron chi connectivity index (χ4n) is 1.51. The molecule has 100 valence electrons. The first-order valence-electron chi connectivity index (χ1n) is 5.44. The third kappa shape index (κ3) is 3.03. The minimum absolute atomic E-state index is 0.206. The van der Waals surface area contributed by atoms with E-state index >= 15 is 0 Å². The molecule has 0 radical (unpaired) electrons. The average molecular weight is 267 g/mol. The van der Waals surface area contributed by atoms with Crippen LogP contribution in [0.2, 0.25) is 0 Å². The van der Waals surface area contributed by atoms with E-state index in [2.05, 4.69) is 15.6 Å². The molecule has 0 atom stereocenters. The predicted octanol–water partition coefficient (Wildman–Crippen LogP) is 0.568. The summed E-state index contributed by atoms with van der Waals surface area (Å²) < 4.78 is 28.1. The van der Waals surface area contributed by atoms with Gasteiger partial charge >= 0.3 is 0 Å². The zero-order valence-corrected chi connectivity index (χ0v) is 9.81. The van der Waals surface area contributed by atoms with E-state index < -0.39 is 28.8 Å². The summed E-state index contributed by atoms with van der Waals surface area (Å²) in [6.07, 6.45) is 3.11. The van der Waals surface area contributed by atoms with Gasteiger partial charge in [-0.05, 0) is 12.1 Å². The van der Waals surface area contributed by atoms with Crippen molar-refractivity contribution in [2.75, 3.05) is 12.3 Å². The fraction of sp³-hybridized carbons (Fsp3) is 0.182. The van der Waals surface area contributed by atoms with Crippen LogP contribution in [0.3, 0.4) is 0 Å². The van der Waals surface area contributed by atoms with Gasteiger partial charge in [-0.1, -0.05) is 5.21 Å². The lowest BCUT2D eigenvalue weighted by Crippen LogP contribution is -2.28. The predicted molar refractivity (Wildman–Crippen MR) is 63.1 cm³/mol. The quantitative estimate of drug-likeness (QED) is 0.793. The Labute approximate surface area is 107 Å². The van der Waals surface area contributed by atoms with Crippen LogP contribution in [0, 0.1) is 11.6 Å². The Morgan fingerprint density at radius 1 is 1.42 bits per heavy atom. The molecular weight excluding hydrogens is 256 g/mol. The molecule has 1 heterocycles. The molecule has 0 bridgehead atoms. The van der Waals surface area contributed by atoms with Gasteiger partial charge in [0.2, 0.25) is 0 Å². The third-order valence-corrected chi connectivity index (χ3v) is 2.41. The van der Waals surface area contributed by atoms with Crippen LogP contribution < -0.4 is 11.1 Å². The molecule has 0 saturated carbocycles. The number of aromatic nitrogens is 3. The molecule has 6 nitrogen and oxygen atoms in total. The van der Waals surface area contributed by atoms with Crippen LogP contribution >= 0.6 is 0 Å². The largest absolute Gasteiger partial charge is 0.396 e. The van der Waals surface area contributed by atoms with E-state index in [1.165, 1.54) is 10.9 Å². The van der Waals surface area contributed by atoms with Gasteiger partial charge in [-0.25, -0.2) is 8.78 Å². The molecule has 8 heteroatoms. The normalized spacial score (nSPS) is 10.4. The lowest BCUT2D eigenvalue weighted by Gasteiger charge is -2.07. The van der Waals surface area contributed by atoms with Crippen molar-refractivity contribution >= 4 is 11.6 Å².